The molecule has 1 aromatic rings. The molecule has 0 aliphatic rings. The smallest absolute Gasteiger partial charge is 0.325 e. The number of methoxy groups -OCH3 is 2. The number of hydrogen-bond acceptors (Lipinski definition) is 6. The van der Waals surface area contributed by atoms with Gasteiger partial charge in [0.15, 0.2) is 0 Å². The lowest BCUT2D eigenvalue weighted by atomic mass is 10.1. The van der Waals surface area contributed by atoms with Crippen LogP contribution in [-0.4, -0.2) is 55.2 Å². The second-order valence-corrected chi connectivity index (χ2v) is 4.31. The third-order valence-electron chi connectivity index (χ3n) is 2.83. The number of carbonyl (C=O) groups excluding carboxylic acids is 3. The Hall–Kier alpha value is -2.57. The Labute approximate surface area is 122 Å². The quantitative estimate of drug-likeness (QED) is 0.795. The van der Waals surface area contributed by atoms with Crippen LogP contribution in [0.25, 0.3) is 0 Å². The Morgan fingerprint density at radius 1 is 1.10 bits per heavy atom. The molecule has 0 heterocycles. The van der Waals surface area contributed by atoms with E-state index in [0.717, 1.165) is 4.90 Å². The molecule has 1 aromatic carbocycles. The minimum Gasteiger partial charge on any atom is -0.508 e. The van der Waals surface area contributed by atoms with Crippen LogP contribution in [0.2, 0.25) is 0 Å². The number of aromatic hydroxyl groups is 1. The molecule has 0 saturated carbocycles. The van der Waals surface area contributed by atoms with Crippen LogP contribution in [0.1, 0.15) is 15.9 Å². The van der Waals surface area contributed by atoms with Crippen LogP contribution in [0.15, 0.2) is 18.2 Å². The SMILES string of the molecule is COC(=O)CN(CC(=O)OC)C(=O)c1ccc(O)c(C)c1. The van der Waals surface area contributed by atoms with E-state index in [1.54, 1.807) is 6.92 Å². The van der Waals surface area contributed by atoms with E-state index in [0.29, 0.717) is 5.56 Å². The standard InChI is InChI=1S/C14H17NO6/c1-9-6-10(4-5-11(9)16)14(19)15(7-12(17)20-2)8-13(18)21-3/h4-6,16H,7-8H2,1-3H3. The predicted molar refractivity (Wildman–Crippen MR) is 72.8 cm³/mol. The topological polar surface area (TPSA) is 93.1 Å². The van der Waals surface area contributed by atoms with E-state index in [9.17, 15) is 19.5 Å². The Morgan fingerprint density at radius 2 is 1.62 bits per heavy atom. The van der Waals surface area contributed by atoms with Crippen molar-refractivity contribution in [3.05, 3.63) is 29.3 Å². The van der Waals surface area contributed by atoms with Gasteiger partial charge in [-0.3, -0.25) is 14.4 Å². The molecular formula is C14H17NO6. The number of aryl methyl sites for hydroxylation is 1. The normalized spacial score (nSPS) is 9.86. The van der Waals surface area contributed by atoms with Gasteiger partial charge in [0.25, 0.3) is 5.91 Å². The zero-order valence-electron chi connectivity index (χ0n) is 12.1. The first-order valence-electron chi connectivity index (χ1n) is 6.11. The molecule has 0 aromatic heterocycles. The number of ether oxygens (including phenoxy) is 2. The van der Waals surface area contributed by atoms with Crippen LogP contribution in [0.3, 0.4) is 0 Å². The largest absolute Gasteiger partial charge is 0.508 e. The molecule has 0 unspecified atom stereocenters. The molecule has 1 rings (SSSR count). The first-order valence-corrected chi connectivity index (χ1v) is 6.11. The minimum absolute atomic E-state index is 0.0547. The molecule has 0 atom stereocenters. The summed E-state index contributed by atoms with van der Waals surface area (Å²) in [7, 11) is 2.38. The summed E-state index contributed by atoms with van der Waals surface area (Å²) in [5.41, 5.74) is 0.759. The maximum Gasteiger partial charge on any atom is 0.325 e. The van der Waals surface area contributed by atoms with E-state index >= 15 is 0 Å². The van der Waals surface area contributed by atoms with Crippen molar-refractivity contribution in [1.29, 1.82) is 0 Å². The zero-order valence-corrected chi connectivity index (χ0v) is 12.1. The molecule has 21 heavy (non-hydrogen) atoms. The molecule has 7 heteroatoms. The van der Waals surface area contributed by atoms with Gasteiger partial charge in [0.2, 0.25) is 0 Å². The van der Waals surface area contributed by atoms with Crippen molar-refractivity contribution < 1.29 is 29.0 Å². The average molecular weight is 295 g/mol. The highest BCUT2D eigenvalue weighted by atomic mass is 16.5. The molecule has 7 nitrogen and oxygen atoms in total. The zero-order chi connectivity index (χ0) is 16.0. The Morgan fingerprint density at radius 3 is 2.05 bits per heavy atom. The van der Waals surface area contributed by atoms with E-state index in [4.69, 9.17) is 0 Å². The number of amides is 1. The molecule has 114 valence electrons. The summed E-state index contributed by atoms with van der Waals surface area (Å²) in [5.74, 6) is -1.78. The van der Waals surface area contributed by atoms with Gasteiger partial charge in [0.1, 0.15) is 18.8 Å². The Kier molecular flexibility index (Phi) is 5.71. The molecule has 0 radical (unpaired) electrons. The highest BCUT2D eigenvalue weighted by Gasteiger charge is 2.22. The van der Waals surface area contributed by atoms with Crippen molar-refractivity contribution in [2.75, 3.05) is 27.3 Å². The van der Waals surface area contributed by atoms with E-state index in [-0.39, 0.29) is 24.4 Å². The predicted octanol–water partition coefficient (Wildman–Crippen LogP) is 0.489. The monoisotopic (exact) mass is 295 g/mol. The first-order chi connectivity index (χ1) is 9.88. The molecule has 0 bridgehead atoms. The number of phenols is 1. The first kappa shape index (κ1) is 16.5. The van der Waals surface area contributed by atoms with Gasteiger partial charge >= 0.3 is 11.9 Å². The fraction of sp³-hybridized carbons (Fsp3) is 0.357. The number of hydrogen-bond donors (Lipinski definition) is 1. The van der Waals surface area contributed by atoms with E-state index in [2.05, 4.69) is 9.47 Å². The van der Waals surface area contributed by atoms with Gasteiger partial charge in [-0.15, -0.1) is 0 Å². The average Bonchev–Trinajstić information content (AvgIpc) is 2.48. The van der Waals surface area contributed by atoms with E-state index in [1.807, 2.05) is 0 Å². The van der Waals surface area contributed by atoms with Crippen molar-refractivity contribution in [2.24, 2.45) is 0 Å². The van der Waals surface area contributed by atoms with Crippen molar-refractivity contribution in [3.8, 4) is 5.75 Å². The van der Waals surface area contributed by atoms with Gasteiger partial charge in [0, 0.05) is 5.56 Å². The molecule has 1 amide bonds. The number of phenolic OH excluding ortho intramolecular Hbond substituents is 1. The Bertz CT molecular complexity index is 536. The molecule has 0 aliphatic carbocycles. The summed E-state index contributed by atoms with van der Waals surface area (Å²) in [6.45, 7) is 0.895. The van der Waals surface area contributed by atoms with Gasteiger partial charge in [-0.05, 0) is 30.7 Å². The summed E-state index contributed by atoms with van der Waals surface area (Å²) >= 11 is 0. The molecule has 1 N–H and O–H groups in total. The molecule has 0 fully saturated rings. The van der Waals surface area contributed by atoms with E-state index in [1.165, 1.54) is 32.4 Å². The van der Waals surface area contributed by atoms with Crippen LogP contribution in [-0.2, 0) is 19.1 Å². The van der Waals surface area contributed by atoms with Gasteiger partial charge in [0.05, 0.1) is 14.2 Å². The van der Waals surface area contributed by atoms with Crippen molar-refractivity contribution in [1.82, 2.24) is 4.90 Å². The van der Waals surface area contributed by atoms with Gasteiger partial charge in [-0.1, -0.05) is 0 Å². The summed E-state index contributed by atoms with van der Waals surface area (Å²) < 4.78 is 9.00. The lowest BCUT2D eigenvalue weighted by molar-refractivity contribution is -0.144. The van der Waals surface area contributed by atoms with Crippen LogP contribution in [0.5, 0.6) is 5.75 Å². The summed E-state index contributed by atoms with van der Waals surface area (Å²) in [4.78, 5) is 36.0. The molecule has 0 spiro atoms. The van der Waals surface area contributed by atoms with Crippen LogP contribution in [0.4, 0.5) is 0 Å². The second-order valence-electron chi connectivity index (χ2n) is 4.31. The third-order valence-corrected chi connectivity index (χ3v) is 2.83. The number of carbonyl (C=O) groups is 3. The number of esters is 2. The fourth-order valence-electron chi connectivity index (χ4n) is 1.61. The Balaban J connectivity index is 2.99. The van der Waals surface area contributed by atoms with Crippen molar-refractivity contribution in [2.45, 2.75) is 6.92 Å². The fourth-order valence-corrected chi connectivity index (χ4v) is 1.61. The molecule has 0 aliphatic heterocycles. The minimum atomic E-state index is -0.650. The van der Waals surface area contributed by atoms with Crippen LogP contribution < -0.4 is 0 Å². The molecular weight excluding hydrogens is 278 g/mol. The van der Waals surface area contributed by atoms with Crippen LogP contribution in [0, 0.1) is 6.92 Å². The van der Waals surface area contributed by atoms with Gasteiger partial charge in [-0.25, -0.2) is 0 Å². The van der Waals surface area contributed by atoms with Gasteiger partial charge in [-0.2, -0.15) is 0 Å². The lowest BCUT2D eigenvalue weighted by Crippen LogP contribution is -2.40. The summed E-state index contributed by atoms with van der Waals surface area (Å²) in [6.07, 6.45) is 0. The second kappa shape index (κ2) is 7.28. The van der Waals surface area contributed by atoms with Crippen LogP contribution >= 0.6 is 0 Å². The summed E-state index contributed by atoms with van der Waals surface area (Å²) in [5, 5.41) is 9.46. The molecule has 0 saturated heterocycles. The third kappa shape index (κ3) is 4.48. The lowest BCUT2D eigenvalue weighted by Gasteiger charge is -2.20. The van der Waals surface area contributed by atoms with Crippen molar-refractivity contribution >= 4 is 17.8 Å². The number of rotatable bonds is 5. The highest BCUT2D eigenvalue weighted by molar-refractivity contribution is 5.98. The van der Waals surface area contributed by atoms with Crippen molar-refractivity contribution in [3.63, 3.8) is 0 Å². The number of nitrogens with zero attached hydrogens (tertiary/aromatic N) is 1. The highest BCUT2D eigenvalue weighted by Crippen LogP contribution is 2.18. The maximum atomic E-state index is 12.3. The van der Waals surface area contributed by atoms with E-state index < -0.39 is 17.8 Å². The summed E-state index contributed by atoms with van der Waals surface area (Å²) in [6, 6.07) is 4.25. The van der Waals surface area contributed by atoms with Gasteiger partial charge < -0.3 is 19.5 Å². The maximum absolute atomic E-state index is 12.3. The number of benzene rings is 1.